The van der Waals surface area contributed by atoms with E-state index in [-0.39, 0.29) is 11.2 Å². The maximum absolute atomic E-state index is 12.6. The van der Waals surface area contributed by atoms with Crippen LogP contribution in [0.2, 0.25) is 0 Å². The van der Waals surface area contributed by atoms with E-state index < -0.39 is 0 Å². The first kappa shape index (κ1) is 17.1. The lowest BCUT2D eigenvalue weighted by atomic mass is 10.0. The first-order valence-corrected chi connectivity index (χ1v) is 10.4. The van der Waals surface area contributed by atoms with Gasteiger partial charge in [0, 0.05) is 15.9 Å². The zero-order chi connectivity index (χ0) is 17.2. The lowest BCUT2D eigenvalue weighted by molar-refractivity contribution is -0.115. The van der Waals surface area contributed by atoms with Crippen LogP contribution in [0.15, 0.2) is 40.9 Å². The van der Waals surface area contributed by atoms with Gasteiger partial charge in [-0.05, 0) is 59.7 Å². The van der Waals surface area contributed by atoms with Crippen molar-refractivity contribution in [2.75, 3.05) is 11.9 Å². The maximum atomic E-state index is 12.6. The molecule has 2 aliphatic heterocycles. The number of fused-ring (bicyclic) bond motifs is 2. The van der Waals surface area contributed by atoms with Crippen molar-refractivity contribution in [2.24, 2.45) is 0 Å². The molecule has 0 aromatic heterocycles. The van der Waals surface area contributed by atoms with E-state index in [0.29, 0.717) is 0 Å². The molecule has 0 radical (unpaired) electrons. The first-order chi connectivity index (χ1) is 12.2. The standard InChI is InChI=1S/C20H20BrNO2S/c21-17-4-5-18-15(10-17)3-6-19(20(23)22-18)25-12-13-1-2-16-11-24-8-7-14(16)9-13/h1-2,4-5,9-10,19H,3,6-8,11-12H2,(H,22,23). The summed E-state index contributed by atoms with van der Waals surface area (Å²) < 4.78 is 6.56. The van der Waals surface area contributed by atoms with Gasteiger partial charge < -0.3 is 10.1 Å². The fourth-order valence-electron chi connectivity index (χ4n) is 3.38. The van der Waals surface area contributed by atoms with Crippen molar-refractivity contribution >= 4 is 39.3 Å². The number of hydrogen-bond acceptors (Lipinski definition) is 3. The topological polar surface area (TPSA) is 38.3 Å². The molecule has 2 aromatic carbocycles. The van der Waals surface area contributed by atoms with Gasteiger partial charge in [0.15, 0.2) is 0 Å². The number of nitrogens with one attached hydrogen (secondary N) is 1. The van der Waals surface area contributed by atoms with Crippen LogP contribution in [0.5, 0.6) is 0 Å². The molecular formula is C20H20BrNO2S. The minimum absolute atomic E-state index is 0.00876. The quantitative estimate of drug-likeness (QED) is 0.785. The summed E-state index contributed by atoms with van der Waals surface area (Å²) in [4.78, 5) is 12.6. The number of anilines is 1. The number of carbonyl (C=O) groups excluding carboxylic acids is 1. The van der Waals surface area contributed by atoms with Gasteiger partial charge >= 0.3 is 0 Å². The zero-order valence-electron chi connectivity index (χ0n) is 13.9. The fourth-order valence-corrected chi connectivity index (χ4v) is 4.86. The second-order valence-corrected chi connectivity index (χ2v) is 8.64. The minimum Gasteiger partial charge on any atom is -0.376 e. The Morgan fingerprint density at radius 2 is 2.04 bits per heavy atom. The monoisotopic (exact) mass is 417 g/mol. The third-order valence-corrected chi connectivity index (χ3v) is 6.63. The number of thioether (sulfide) groups is 1. The average molecular weight is 418 g/mol. The van der Waals surface area contributed by atoms with Gasteiger partial charge in [-0.3, -0.25) is 4.79 Å². The van der Waals surface area contributed by atoms with Gasteiger partial charge in [0.2, 0.25) is 5.91 Å². The number of carbonyl (C=O) groups is 1. The van der Waals surface area contributed by atoms with Gasteiger partial charge in [-0.1, -0.05) is 34.1 Å². The lowest BCUT2D eigenvalue weighted by Gasteiger charge is -2.18. The summed E-state index contributed by atoms with van der Waals surface area (Å²) in [5.74, 6) is 0.990. The molecule has 0 saturated heterocycles. The van der Waals surface area contributed by atoms with Crippen LogP contribution in [0.25, 0.3) is 0 Å². The summed E-state index contributed by atoms with van der Waals surface area (Å²) in [6.45, 7) is 1.53. The number of hydrogen-bond donors (Lipinski definition) is 1. The highest BCUT2D eigenvalue weighted by molar-refractivity contribution is 9.10. The van der Waals surface area contributed by atoms with Crippen LogP contribution in [0.4, 0.5) is 5.69 Å². The number of aryl methyl sites for hydroxylation is 1. The van der Waals surface area contributed by atoms with Crippen LogP contribution in [0, 0.1) is 0 Å². The van der Waals surface area contributed by atoms with E-state index in [9.17, 15) is 4.79 Å². The predicted molar refractivity (Wildman–Crippen MR) is 106 cm³/mol. The van der Waals surface area contributed by atoms with E-state index in [2.05, 4.69) is 45.5 Å². The SMILES string of the molecule is O=C1Nc2ccc(Br)cc2CCC1SCc1ccc2c(c1)CCOC2. The Bertz CT molecular complexity index is 808. The maximum Gasteiger partial charge on any atom is 0.237 e. The molecule has 2 aromatic rings. The van der Waals surface area contributed by atoms with Crippen molar-refractivity contribution in [3.05, 3.63) is 63.1 Å². The van der Waals surface area contributed by atoms with Crippen molar-refractivity contribution in [2.45, 2.75) is 36.9 Å². The van der Waals surface area contributed by atoms with Crippen LogP contribution >= 0.6 is 27.7 Å². The number of amides is 1. The van der Waals surface area contributed by atoms with Gasteiger partial charge in [-0.2, -0.15) is 0 Å². The van der Waals surface area contributed by atoms with E-state index in [1.165, 1.54) is 22.3 Å². The van der Waals surface area contributed by atoms with Gasteiger partial charge in [0.25, 0.3) is 0 Å². The molecule has 2 heterocycles. The average Bonchev–Trinajstić information content (AvgIpc) is 2.78. The molecule has 2 aliphatic rings. The molecule has 1 atom stereocenters. The molecule has 5 heteroatoms. The van der Waals surface area contributed by atoms with E-state index in [4.69, 9.17) is 4.74 Å². The second-order valence-electron chi connectivity index (χ2n) is 6.53. The molecule has 0 bridgehead atoms. The van der Waals surface area contributed by atoms with Crippen molar-refractivity contribution in [3.8, 4) is 0 Å². The third-order valence-electron chi connectivity index (χ3n) is 4.79. The van der Waals surface area contributed by atoms with Gasteiger partial charge in [0.1, 0.15) is 0 Å². The lowest BCUT2D eigenvalue weighted by Crippen LogP contribution is -2.23. The van der Waals surface area contributed by atoms with Gasteiger partial charge in [-0.25, -0.2) is 0 Å². The molecule has 0 spiro atoms. The van der Waals surface area contributed by atoms with Gasteiger partial charge in [0.05, 0.1) is 18.5 Å². The molecule has 0 saturated carbocycles. The number of benzene rings is 2. The van der Waals surface area contributed by atoms with E-state index in [0.717, 1.165) is 48.4 Å². The highest BCUT2D eigenvalue weighted by Gasteiger charge is 2.24. The van der Waals surface area contributed by atoms with Crippen LogP contribution in [0.1, 0.15) is 28.7 Å². The molecule has 1 N–H and O–H groups in total. The summed E-state index contributed by atoms with van der Waals surface area (Å²) in [6, 6.07) is 12.7. The van der Waals surface area contributed by atoms with Crippen LogP contribution in [-0.2, 0) is 34.7 Å². The molecule has 1 amide bonds. The van der Waals surface area contributed by atoms with Crippen molar-refractivity contribution < 1.29 is 9.53 Å². The predicted octanol–water partition coefficient (Wildman–Crippen LogP) is 4.71. The fraction of sp³-hybridized carbons (Fsp3) is 0.350. The van der Waals surface area contributed by atoms with Crippen molar-refractivity contribution in [1.82, 2.24) is 0 Å². The highest BCUT2D eigenvalue weighted by Crippen LogP contribution is 2.31. The Morgan fingerprint density at radius 1 is 1.12 bits per heavy atom. The summed E-state index contributed by atoms with van der Waals surface area (Å²) >= 11 is 5.25. The molecule has 3 nitrogen and oxygen atoms in total. The largest absolute Gasteiger partial charge is 0.376 e. The third kappa shape index (κ3) is 3.94. The zero-order valence-corrected chi connectivity index (χ0v) is 16.3. The summed E-state index contributed by atoms with van der Waals surface area (Å²) in [5, 5.41) is 3.08. The van der Waals surface area contributed by atoms with E-state index in [1.54, 1.807) is 11.8 Å². The Morgan fingerprint density at radius 3 is 2.96 bits per heavy atom. The van der Waals surface area contributed by atoms with Crippen molar-refractivity contribution in [1.29, 1.82) is 0 Å². The van der Waals surface area contributed by atoms with Crippen LogP contribution in [-0.4, -0.2) is 17.8 Å². The Labute approximate surface area is 160 Å². The smallest absolute Gasteiger partial charge is 0.237 e. The number of halogens is 1. The molecular weight excluding hydrogens is 398 g/mol. The minimum atomic E-state index is -0.00876. The summed E-state index contributed by atoms with van der Waals surface area (Å²) in [6.07, 6.45) is 2.79. The Kier molecular flexibility index (Phi) is 5.15. The molecule has 0 fully saturated rings. The van der Waals surface area contributed by atoms with Crippen molar-refractivity contribution in [3.63, 3.8) is 0 Å². The Hall–Kier alpha value is -1.30. The summed E-state index contributed by atoms with van der Waals surface area (Å²) in [7, 11) is 0. The van der Waals surface area contributed by atoms with E-state index >= 15 is 0 Å². The van der Waals surface area contributed by atoms with Crippen LogP contribution < -0.4 is 5.32 Å². The number of ether oxygens (including phenoxy) is 1. The molecule has 4 rings (SSSR count). The molecule has 130 valence electrons. The number of rotatable bonds is 3. The molecule has 0 aliphatic carbocycles. The first-order valence-electron chi connectivity index (χ1n) is 8.58. The molecule has 25 heavy (non-hydrogen) atoms. The van der Waals surface area contributed by atoms with Gasteiger partial charge in [-0.15, -0.1) is 11.8 Å². The van der Waals surface area contributed by atoms with Crippen LogP contribution in [0.3, 0.4) is 0 Å². The normalized spacial score (nSPS) is 19.6. The summed E-state index contributed by atoms with van der Waals surface area (Å²) in [5.41, 5.74) is 6.15. The highest BCUT2D eigenvalue weighted by atomic mass is 79.9. The van der Waals surface area contributed by atoms with E-state index in [1.807, 2.05) is 12.1 Å². The molecule has 1 unspecified atom stereocenters. The second kappa shape index (κ2) is 7.52. The Balaban J connectivity index is 1.42.